The molecular weight excluding hydrogens is 484 g/mol. The van der Waals surface area contributed by atoms with Crippen LogP contribution >= 0.6 is 0 Å². The van der Waals surface area contributed by atoms with E-state index in [9.17, 15) is 14.4 Å². The first kappa shape index (κ1) is 29.0. The summed E-state index contributed by atoms with van der Waals surface area (Å²) in [5, 5.41) is 0. The summed E-state index contributed by atoms with van der Waals surface area (Å²) < 4.78 is 5.77. The molecule has 208 valence electrons. The van der Waals surface area contributed by atoms with Gasteiger partial charge in [0.25, 0.3) is 0 Å². The Kier molecular flexibility index (Phi) is 8.93. The van der Waals surface area contributed by atoms with E-state index in [0.29, 0.717) is 28.7 Å². The van der Waals surface area contributed by atoms with Crippen LogP contribution in [0.25, 0.3) is 5.57 Å². The summed E-state index contributed by atoms with van der Waals surface area (Å²) in [5.41, 5.74) is 5.31. The predicted molar refractivity (Wildman–Crippen MR) is 157 cm³/mol. The number of benzene rings is 2. The number of carbonyl (C=O) groups is 3. The van der Waals surface area contributed by atoms with Gasteiger partial charge in [0.1, 0.15) is 5.75 Å². The van der Waals surface area contributed by atoms with Crippen LogP contribution in [-0.2, 0) is 16.0 Å². The average molecular weight is 529 g/mol. The molecule has 2 aliphatic carbocycles. The number of rotatable bonds is 10. The van der Waals surface area contributed by atoms with Crippen molar-refractivity contribution >= 4 is 22.9 Å². The molecule has 0 radical (unpaired) electrons. The van der Waals surface area contributed by atoms with Crippen LogP contribution in [0.3, 0.4) is 0 Å². The monoisotopic (exact) mass is 528 g/mol. The van der Waals surface area contributed by atoms with Gasteiger partial charge in [0.15, 0.2) is 5.78 Å². The van der Waals surface area contributed by atoms with Gasteiger partial charge in [-0.05, 0) is 79.2 Å². The lowest BCUT2D eigenvalue weighted by atomic mass is 9.66. The Morgan fingerprint density at radius 1 is 1.00 bits per heavy atom. The van der Waals surface area contributed by atoms with Crippen LogP contribution in [0.1, 0.15) is 98.8 Å². The van der Waals surface area contributed by atoms with Crippen molar-refractivity contribution in [2.45, 2.75) is 79.6 Å². The molecule has 4 rings (SSSR count). The van der Waals surface area contributed by atoms with E-state index in [1.165, 1.54) is 11.1 Å². The van der Waals surface area contributed by atoms with Crippen LogP contribution in [0.2, 0.25) is 0 Å². The molecular formula is C35H44O4. The van der Waals surface area contributed by atoms with Gasteiger partial charge in [0.05, 0.1) is 12.7 Å². The SMILES string of the molecule is CCCC1C=C(C(=O)C(=O)C(C)C)c2cc(C(=O)C3CC(C)C(Cc4ccc(C)cc4)CC3C)c(OC)cc21. The Balaban J connectivity index is 1.62. The number of methoxy groups -OCH3 is 1. The van der Waals surface area contributed by atoms with E-state index in [0.717, 1.165) is 43.2 Å². The summed E-state index contributed by atoms with van der Waals surface area (Å²) in [4.78, 5) is 40.0. The number of carbonyl (C=O) groups excluding carboxylic acids is 3. The predicted octanol–water partition coefficient (Wildman–Crippen LogP) is 7.80. The molecule has 1 saturated carbocycles. The summed E-state index contributed by atoms with van der Waals surface area (Å²) >= 11 is 0. The van der Waals surface area contributed by atoms with Crippen molar-refractivity contribution in [2.75, 3.05) is 7.11 Å². The van der Waals surface area contributed by atoms with Crippen LogP contribution in [0, 0.1) is 36.5 Å². The third kappa shape index (κ3) is 5.95. The van der Waals surface area contributed by atoms with Crippen LogP contribution in [0.5, 0.6) is 5.75 Å². The van der Waals surface area contributed by atoms with Crippen molar-refractivity contribution in [3.8, 4) is 5.75 Å². The van der Waals surface area contributed by atoms with E-state index in [2.05, 4.69) is 52.0 Å². The molecule has 4 heteroatoms. The van der Waals surface area contributed by atoms with Crippen LogP contribution in [0.4, 0.5) is 0 Å². The maximum Gasteiger partial charge on any atom is 0.229 e. The number of hydrogen-bond donors (Lipinski definition) is 0. The summed E-state index contributed by atoms with van der Waals surface area (Å²) in [6, 6.07) is 12.6. The standard InChI is InChI=1S/C35H44O4/c1-8-9-25-17-30(35(38)33(36)20(2)3)29-18-31(32(39-7)19-28(25)29)34(37)27-15-22(5)26(14-23(27)6)16-24-12-10-21(4)11-13-24/h10-13,17-20,22-23,25-27H,8-9,14-16H2,1-7H3. The maximum absolute atomic E-state index is 14.1. The quantitative estimate of drug-likeness (QED) is 0.233. The van der Waals surface area contributed by atoms with E-state index in [-0.39, 0.29) is 35.2 Å². The molecule has 4 nitrogen and oxygen atoms in total. The summed E-state index contributed by atoms with van der Waals surface area (Å²) in [6.07, 6.45) is 6.63. The van der Waals surface area contributed by atoms with Gasteiger partial charge in [-0.1, -0.05) is 76.9 Å². The third-order valence-electron chi connectivity index (χ3n) is 9.03. The minimum absolute atomic E-state index is 0.0399. The zero-order chi connectivity index (χ0) is 28.4. The molecule has 0 aromatic heterocycles. The van der Waals surface area contributed by atoms with Gasteiger partial charge in [-0.15, -0.1) is 0 Å². The second-order valence-corrected chi connectivity index (χ2v) is 12.3. The average Bonchev–Trinajstić information content (AvgIpc) is 3.27. The Morgan fingerprint density at radius 2 is 1.69 bits per heavy atom. The molecule has 2 aromatic rings. The summed E-state index contributed by atoms with van der Waals surface area (Å²) in [7, 11) is 1.61. The highest BCUT2D eigenvalue weighted by atomic mass is 16.5. The molecule has 39 heavy (non-hydrogen) atoms. The first-order chi connectivity index (χ1) is 18.5. The molecule has 5 atom stereocenters. The zero-order valence-corrected chi connectivity index (χ0v) is 24.7. The highest BCUT2D eigenvalue weighted by molar-refractivity contribution is 6.54. The van der Waals surface area contributed by atoms with Gasteiger partial charge >= 0.3 is 0 Å². The molecule has 1 fully saturated rings. The molecule has 0 spiro atoms. The number of Topliss-reactive ketones (excluding diaryl/α,β-unsaturated/α-hetero) is 3. The lowest BCUT2D eigenvalue weighted by molar-refractivity contribution is -0.135. The normalized spacial score (nSPS) is 24.3. The first-order valence-corrected chi connectivity index (χ1v) is 14.7. The van der Waals surface area contributed by atoms with Crippen molar-refractivity contribution < 1.29 is 19.1 Å². The number of ether oxygens (including phenoxy) is 1. The van der Waals surface area contributed by atoms with Crippen molar-refractivity contribution in [1.29, 1.82) is 0 Å². The number of allylic oxidation sites excluding steroid dienone is 2. The second kappa shape index (κ2) is 12.0. The highest BCUT2D eigenvalue weighted by Crippen LogP contribution is 2.45. The van der Waals surface area contributed by atoms with Crippen molar-refractivity contribution in [3.63, 3.8) is 0 Å². The fraction of sp³-hybridized carbons (Fsp3) is 0.514. The molecule has 2 aromatic carbocycles. The van der Waals surface area contributed by atoms with Crippen molar-refractivity contribution in [3.05, 3.63) is 70.3 Å². The summed E-state index contributed by atoms with van der Waals surface area (Å²) in [5.74, 6) is 0.589. The van der Waals surface area contributed by atoms with Gasteiger partial charge in [0, 0.05) is 23.3 Å². The van der Waals surface area contributed by atoms with Gasteiger partial charge in [-0.2, -0.15) is 0 Å². The van der Waals surface area contributed by atoms with Gasteiger partial charge in [-0.25, -0.2) is 0 Å². The second-order valence-electron chi connectivity index (χ2n) is 12.3. The van der Waals surface area contributed by atoms with Crippen LogP contribution < -0.4 is 4.74 Å². The fourth-order valence-corrected chi connectivity index (χ4v) is 6.60. The third-order valence-corrected chi connectivity index (χ3v) is 9.03. The largest absolute Gasteiger partial charge is 0.496 e. The minimum atomic E-state index is -0.452. The van der Waals surface area contributed by atoms with Gasteiger partial charge < -0.3 is 4.74 Å². The molecule has 0 heterocycles. The Hall–Kier alpha value is -3.01. The van der Waals surface area contributed by atoms with Crippen molar-refractivity contribution in [1.82, 2.24) is 0 Å². The van der Waals surface area contributed by atoms with E-state index >= 15 is 0 Å². The molecule has 0 amide bonds. The van der Waals surface area contributed by atoms with Crippen molar-refractivity contribution in [2.24, 2.45) is 29.6 Å². The lowest BCUT2D eigenvalue weighted by Crippen LogP contribution is -2.35. The van der Waals surface area contributed by atoms with E-state index < -0.39 is 5.78 Å². The highest BCUT2D eigenvalue weighted by Gasteiger charge is 2.39. The number of fused-ring (bicyclic) bond motifs is 1. The smallest absolute Gasteiger partial charge is 0.229 e. The molecule has 0 aliphatic heterocycles. The molecule has 0 N–H and O–H groups in total. The number of aryl methyl sites for hydroxylation is 1. The zero-order valence-electron chi connectivity index (χ0n) is 24.7. The van der Waals surface area contributed by atoms with Crippen LogP contribution in [-0.4, -0.2) is 24.5 Å². The van der Waals surface area contributed by atoms with Gasteiger partial charge in [-0.3, -0.25) is 14.4 Å². The molecule has 2 aliphatic rings. The lowest BCUT2D eigenvalue weighted by Gasteiger charge is -2.38. The number of hydrogen-bond acceptors (Lipinski definition) is 4. The fourth-order valence-electron chi connectivity index (χ4n) is 6.60. The Labute approximate surface area is 234 Å². The van der Waals surface area contributed by atoms with Crippen LogP contribution in [0.15, 0.2) is 42.5 Å². The molecule has 0 bridgehead atoms. The van der Waals surface area contributed by atoms with E-state index in [4.69, 9.17) is 4.74 Å². The van der Waals surface area contributed by atoms with Gasteiger partial charge in [0.2, 0.25) is 11.6 Å². The Bertz CT molecular complexity index is 1270. The minimum Gasteiger partial charge on any atom is -0.496 e. The number of ketones is 3. The Morgan fingerprint density at radius 3 is 2.31 bits per heavy atom. The molecule has 5 unspecified atom stereocenters. The first-order valence-electron chi connectivity index (χ1n) is 14.7. The molecule has 0 saturated heterocycles. The topological polar surface area (TPSA) is 60.4 Å². The van der Waals surface area contributed by atoms with E-state index in [1.54, 1.807) is 21.0 Å². The summed E-state index contributed by atoms with van der Waals surface area (Å²) in [6.45, 7) is 12.2. The maximum atomic E-state index is 14.1. The van der Waals surface area contributed by atoms with E-state index in [1.807, 2.05) is 18.2 Å².